The highest BCUT2D eigenvalue weighted by Gasteiger charge is 1.95. The summed E-state index contributed by atoms with van der Waals surface area (Å²) in [7, 11) is 0. The molecule has 2 nitrogen and oxygen atoms in total. The summed E-state index contributed by atoms with van der Waals surface area (Å²) >= 11 is 5.61. The Morgan fingerprint density at radius 2 is 1.26 bits per heavy atom. The second kappa shape index (κ2) is 14.7. The van der Waals surface area contributed by atoms with Gasteiger partial charge < -0.3 is 5.32 Å². The summed E-state index contributed by atoms with van der Waals surface area (Å²) in [6.45, 7) is 3.33. The van der Waals surface area contributed by atoms with Gasteiger partial charge in [0.25, 0.3) is 0 Å². The molecule has 0 aliphatic heterocycles. The van der Waals surface area contributed by atoms with Crippen LogP contribution in [0.3, 0.4) is 0 Å². The number of nitrogens with one attached hydrogen (secondary N) is 2. The molecule has 0 atom stereocenters. The predicted molar refractivity (Wildman–Crippen MR) is 105 cm³/mol. The van der Waals surface area contributed by atoms with E-state index in [1.807, 2.05) is 18.2 Å². The maximum Gasteiger partial charge on any atom is 0.0512 e. The van der Waals surface area contributed by atoms with Crippen molar-refractivity contribution >= 4 is 23.2 Å². The Labute approximate surface area is 148 Å². The van der Waals surface area contributed by atoms with E-state index < -0.39 is 0 Å². The molecule has 0 saturated heterocycles. The van der Waals surface area contributed by atoms with Crippen LogP contribution in [0.4, 0.5) is 11.4 Å². The van der Waals surface area contributed by atoms with Gasteiger partial charge in [0.2, 0.25) is 0 Å². The number of anilines is 2. The van der Waals surface area contributed by atoms with Crippen molar-refractivity contribution in [1.29, 1.82) is 0 Å². The Morgan fingerprint density at radius 3 is 1.83 bits per heavy atom. The molecule has 0 aliphatic carbocycles. The van der Waals surface area contributed by atoms with Gasteiger partial charge in [0, 0.05) is 24.0 Å². The molecule has 0 bridgehead atoms. The fourth-order valence-corrected chi connectivity index (χ4v) is 3.00. The summed E-state index contributed by atoms with van der Waals surface area (Å²) in [5.41, 5.74) is 2.07. The molecule has 0 radical (unpaired) electrons. The topological polar surface area (TPSA) is 24.1 Å². The van der Waals surface area contributed by atoms with Gasteiger partial charge in [-0.2, -0.15) is 0 Å². The average Bonchev–Trinajstić information content (AvgIpc) is 2.59. The van der Waals surface area contributed by atoms with Gasteiger partial charge in [-0.25, -0.2) is 0 Å². The van der Waals surface area contributed by atoms with Gasteiger partial charge in [0.1, 0.15) is 0 Å². The summed E-state index contributed by atoms with van der Waals surface area (Å²) in [5, 5.41) is 3.46. The lowest BCUT2D eigenvalue weighted by atomic mass is 10.1. The van der Waals surface area contributed by atoms with Crippen molar-refractivity contribution in [2.45, 2.75) is 84.0 Å². The van der Waals surface area contributed by atoms with Crippen LogP contribution in [-0.4, -0.2) is 6.54 Å². The molecule has 0 aromatic heterocycles. The van der Waals surface area contributed by atoms with Crippen LogP contribution < -0.4 is 10.2 Å². The molecule has 0 spiro atoms. The van der Waals surface area contributed by atoms with Crippen molar-refractivity contribution in [1.82, 2.24) is 0 Å². The largest absolute Gasteiger partial charge is 0.385 e. The molecule has 1 aromatic rings. The minimum absolute atomic E-state index is 0.936. The van der Waals surface area contributed by atoms with Crippen molar-refractivity contribution in [2.75, 3.05) is 16.7 Å². The Kier molecular flexibility index (Phi) is 12.9. The number of benzene rings is 1. The number of halogens is 1. The number of hydrogen-bond donors (Lipinski definition) is 2. The van der Waals surface area contributed by atoms with E-state index in [2.05, 4.69) is 23.1 Å². The van der Waals surface area contributed by atoms with E-state index in [0.717, 1.165) is 17.9 Å². The Hall–Kier alpha value is -0.890. The van der Waals surface area contributed by atoms with E-state index in [9.17, 15) is 0 Å². The van der Waals surface area contributed by atoms with Gasteiger partial charge >= 0.3 is 0 Å². The van der Waals surface area contributed by atoms with Crippen molar-refractivity contribution in [2.24, 2.45) is 0 Å². The lowest BCUT2D eigenvalue weighted by Crippen LogP contribution is -2.01. The predicted octanol–water partition coefficient (Wildman–Crippen LogP) is 7.37. The van der Waals surface area contributed by atoms with Crippen molar-refractivity contribution in [3.05, 3.63) is 24.3 Å². The molecule has 1 aromatic carbocycles. The Balaban J connectivity index is 1.84. The first-order valence-electron chi connectivity index (χ1n) is 9.57. The molecule has 0 aliphatic rings. The molecular formula is C20H35ClN2. The van der Waals surface area contributed by atoms with E-state index in [1.54, 1.807) is 0 Å². The minimum atomic E-state index is 0.936. The molecule has 0 saturated carbocycles. The van der Waals surface area contributed by atoms with Crippen LogP contribution in [0, 0.1) is 0 Å². The summed E-state index contributed by atoms with van der Waals surface area (Å²) in [6.07, 6.45) is 16.7. The van der Waals surface area contributed by atoms with E-state index >= 15 is 0 Å². The standard InChI is InChI=1S/C20H35ClN2/c1-2-3-4-5-6-7-8-9-10-11-12-13-17-22-19-15-14-16-20(18-19)23-21/h14-16,18,22-23H,2-13,17H2,1H3. The SMILES string of the molecule is CCCCCCCCCCCCCCNc1cccc(NCl)c1. The van der Waals surface area contributed by atoms with Gasteiger partial charge in [-0.05, 0) is 24.6 Å². The Morgan fingerprint density at radius 1 is 0.739 bits per heavy atom. The van der Waals surface area contributed by atoms with E-state index in [4.69, 9.17) is 11.8 Å². The van der Waals surface area contributed by atoms with Crippen LogP contribution in [0.25, 0.3) is 0 Å². The van der Waals surface area contributed by atoms with Crippen molar-refractivity contribution in [3.63, 3.8) is 0 Å². The third-order valence-electron chi connectivity index (χ3n) is 4.33. The molecule has 23 heavy (non-hydrogen) atoms. The number of hydrogen-bond acceptors (Lipinski definition) is 2. The quantitative estimate of drug-likeness (QED) is 0.258. The minimum Gasteiger partial charge on any atom is -0.385 e. The van der Waals surface area contributed by atoms with Gasteiger partial charge in [0.15, 0.2) is 0 Å². The zero-order valence-corrected chi connectivity index (χ0v) is 15.6. The highest BCUT2D eigenvalue weighted by molar-refractivity contribution is 6.24. The third-order valence-corrected chi connectivity index (χ3v) is 4.55. The fourth-order valence-electron chi connectivity index (χ4n) is 2.89. The lowest BCUT2D eigenvalue weighted by molar-refractivity contribution is 0.546. The molecule has 2 N–H and O–H groups in total. The summed E-state index contributed by atoms with van der Waals surface area (Å²) in [5.74, 6) is 0. The van der Waals surface area contributed by atoms with Crippen LogP contribution in [0.1, 0.15) is 84.0 Å². The summed E-state index contributed by atoms with van der Waals surface area (Å²) in [6, 6.07) is 8.09. The molecule has 3 heteroatoms. The van der Waals surface area contributed by atoms with E-state index in [-0.39, 0.29) is 0 Å². The maximum atomic E-state index is 5.61. The molecule has 0 amide bonds. The molecule has 0 heterocycles. The third kappa shape index (κ3) is 11.3. The van der Waals surface area contributed by atoms with Crippen LogP contribution in [0.5, 0.6) is 0 Å². The first-order chi connectivity index (χ1) is 11.4. The second-order valence-electron chi connectivity index (χ2n) is 6.49. The maximum absolute atomic E-state index is 5.61. The normalized spacial score (nSPS) is 10.7. The second-order valence-corrected chi connectivity index (χ2v) is 6.68. The number of rotatable bonds is 15. The first kappa shape index (κ1) is 20.2. The van der Waals surface area contributed by atoms with Crippen LogP contribution in [0.15, 0.2) is 24.3 Å². The van der Waals surface area contributed by atoms with Gasteiger partial charge in [-0.3, -0.25) is 4.84 Å². The Bertz CT molecular complexity index is 382. The lowest BCUT2D eigenvalue weighted by Gasteiger charge is -2.07. The van der Waals surface area contributed by atoms with Gasteiger partial charge in [-0.15, -0.1) is 0 Å². The van der Waals surface area contributed by atoms with Crippen molar-refractivity contribution < 1.29 is 0 Å². The molecular weight excluding hydrogens is 304 g/mol. The van der Waals surface area contributed by atoms with Crippen LogP contribution in [-0.2, 0) is 0 Å². The van der Waals surface area contributed by atoms with Crippen LogP contribution >= 0.6 is 11.8 Å². The fraction of sp³-hybridized carbons (Fsp3) is 0.700. The zero-order valence-electron chi connectivity index (χ0n) is 14.9. The first-order valence-corrected chi connectivity index (χ1v) is 9.95. The smallest absolute Gasteiger partial charge is 0.0512 e. The van der Waals surface area contributed by atoms with Crippen LogP contribution in [0.2, 0.25) is 0 Å². The molecule has 0 fully saturated rings. The van der Waals surface area contributed by atoms with Gasteiger partial charge in [0.05, 0.1) is 5.69 Å². The highest BCUT2D eigenvalue weighted by atomic mass is 35.5. The molecule has 0 unspecified atom stereocenters. The van der Waals surface area contributed by atoms with E-state index in [1.165, 1.54) is 77.0 Å². The van der Waals surface area contributed by atoms with Gasteiger partial charge in [-0.1, -0.05) is 83.6 Å². The molecule has 1 rings (SSSR count). The van der Waals surface area contributed by atoms with Crippen molar-refractivity contribution in [3.8, 4) is 0 Å². The zero-order chi connectivity index (χ0) is 16.6. The number of unbranched alkanes of at least 4 members (excludes halogenated alkanes) is 11. The average molecular weight is 339 g/mol. The summed E-state index contributed by atoms with van der Waals surface area (Å²) < 4.78 is 0. The monoisotopic (exact) mass is 338 g/mol. The summed E-state index contributed by atoms with van der Waals surface area (Å²) in [4.78, 5) is 2.65. The highest BCUT2D eigenvalue weighted by Crippen LogP contribution is 2.16. The molecule has 132 valence electrons. The van der Waals surface area contributed by atoms with E-state index in [0.29, 0.717) is 0 Å².